The average molecular weight is 309 g/mol. The van der Waals surface area contributed by atoms with Gasteiger partial charge < -0.3 is 4.74 Å². The maximum Gasteiger partial charge on any atom is 0.247 e. The lowest BCUT2D eigenvalue weighted by atomic mass is 9.96. The van der Waals surface area contributed by atoms with Gasteiger partial charge in [-0.3, -0.25) is 4.79 Å². The number of sulfonamides is 1. The van der Waals surface area contributed by atoms with Crippen LogP contribution in [0.15, 0.2) is 12.1 Å². The number of amides is 1. The van der Waals surface area contributed by atoms with Gasteiger partial charge in [0.15, 0.2) is 0 Å². The number of aryl methyl sites for hydroxylation is 2. The van der Waals surface area contributed by atoms with E-state index in [9.17, 15) is 13.2 Å². The van der Waals surface area contributed by atoms with Crippen molar-refractivity contribution in [3.63, 3.8) is 0 Å². The van der Waals surface area contributed by atoms with Gasteiger partial charge in [-0.15, -0.1) is 0 Å². The summed E-state index contributed by atoms with van der Waals surface area (Å²) in [6.07, 6.45) is 1.36. The van der Waals surface area contributed by atoms with Gasteiger partial charge in [0, 0.05) is 12.1 Å². The minimum Gasteiger partial charge on any atom is -0.492 e. The van der Waals surface area contributed by atoms with Gasteiger partial charge in [0.2, 0.25) is 15.9 Å². The first-order chi connectivity index (χ1) is 9.90. The molecule has 0 aromatic heterocycles. The molecule has 0 aliphatic carbocycles. The monoisotopic (exact) mass is 309 g/mol. The quantitative estimate of drug-likeness (QED) is 0.792. The van der Waals surface area contributed by atoms with Crippen molar-refractivity contribution in [2.45, 2.75) is 32.6 Å². The first-order valence-electron chi connectivity index (χ1n) is 7.18. The standard InChI is InChI=1S/C15H19NO4S/c1-10-7-12-13(9-20-14(12)8-11(10)2)15(17)16-5-3-4-6-21(16,18)19/h7-8,13H,3-6,9H2,1-2H3. The smallest absolute Gasteiger partial charge is 0.247 e. The van der Waals surface area contributed by atoms with E-state index in [4.69, 9.17) is 4.74 Å². The molecule has 1 amide bonds. The van der Waals surface area contributed by atoms with Crippen LogP contribution in [0.3, 0.4) is 0 Å². The summed E-state index contributed by atoms with van der Waals surface area (Å²) in [6, 6.07) is 3.86. The summed E-state index contributed by atoms with van der Waals surface area (Å²) in [4.78, 5) is 12.6. The molecule has 1 atom stereocenters. The Morgan fingerprint density at radius 2 is 1.95 bits per heavy atom. The zero-order valence-electron chi connectivity index (χ0n) is 12.3. The van der Waals surface area contributed by atoms with Crippen LogP contribution in [0.5, 0.6) is 5.75 Å². The van der Waals surface area contributed by atoms with Crippen molar-refractivity contribution in [1.82, 2.24) is 4.31 Å². The van der Waals surface area contributed by atoms with Gasteiger partial charge in [-0.1, -0.05) is 6.07 Å². The van der Waals surface area contributed by atoms with Gasteiger partial charge >= 0.3 is 0 Å². The Kier molecular flexibility index (Phi) is 3.43. The third-order valence-electron chi connectivity index (χ3n) is 4.30. The molecule has 1 saturated heterocycles. The number of fused-ring (bicyclic) bond motifs is 1. The van der Waals surface area contributed by atoms with Crippen LogP contribution in [0.4, 0.5) is 0 Å². The molecular formula is C15H19NO4S. The van der Waals surface area contributed by atoms with Crippen LogP contribution >= 0.6 is 0 Å². The third kappa shape index (κ3) is 2.41. The summed E-state index contributed by atoms with van der Waals surface area (Å²) in [5, 5.41) is 0. The summed E-state index contributed by atoms with van der Waals surface area (Å²) in [7, 11) is -3.45. The van der Waals surface area contributed by atoms with Crippen molar-refractivity contribution >= 4 is 15.9 Å². The highest BCUT2D eigenvalue weighted by Gasteiger charge is 2.39. The maximum atomic E-state index is 12.6. The van der Waals surface area contributed by atoms with Gasteiger partial charge in [-0.2, -0.15) is 0 Å². The lowest BCUT2D eigenvalue weighted by molar-refractivity contribution is -0.128. The average Bonchev–Trinajstić information content (AvgIpc) is 2.81. The fraction of sp³-hybridized carbons (Fsp3) is 0.533. The van der Waals surface area contributed by atoms with Crippen LogP contribution < -0.4 is 4.74 Å². The number of rotatable bonds is 1. The van der Waals surface area contributed by atoms with E-state index in [-0.39, 0.29) is 24.8 Å². The van der Waals surface area contributed by atoms with Crippen molar-refractivity contribution in [1.29, 1.82) is 0 Å². The van der Waals surface area contributed by atoms with Crippen molar-refractivity contribution in [2.75, 3.05) is 18.9 Å². The molecule has 0 bridgehead atoms. The van der Waals surface area contributed by atoms with Gasteiger partial charge in [0.05, 0.1) is 5.75 Å². The minimum absolute atomic E-state index is 0.0616. The molecule has 1 aromatic carbocycles. The Balaban J connectivity index is 1.93. The number of carbonyl (C=O) groups excluding carboxylic acids is 1. The SMILES string of the molecule is Cc1cc2c(cc1C)C(C(=O)N1CCCCS1(=O)=O)CO2. The van der Waals surface area contributed by atoms with Crippen molar-refractivity contribution in [3.05, 3.63) is 28.8 Å². The second-order valence-corrected chi connectivity index (χ2v) is 7.78. The molecular weight excluding hydrogens is 290 g/mol. The Morgan fingerprint density at radius 3 is 2.67 bits per heavy atom. The zero-order valence-corrected chi connectivity index (χ0v) is 13.1. The fourth-order valence-corrected chi connectivity index (χ4v) is 4.48. The van der Waals surface area contributed by atoms with Crippen LogP contribution in [0.2, 0.25) is 0 Å². The van der Waals surface area contributed by atoms with Crippen molar-refractivity contribution in [2.24, 2.45) is 0 Å². The second kappa shape index (κ2) is 5.02. The number of ether oxygens (including phenoxy) is 1. The minimum atomic E-state index is -3.45. The van der Waals surface area contributed by atoms with E-state index in [0.717, 1.165) is 27.4 Å². The molecule has 0 spiro atoms. The van der Waals surface area contributed by atoms with Gasteiger partial charge in [0.25, 0.3) is 0 Å². The Morgan fingerprint density at radius 1 is 1.24 bits per heavy atom. The van der Waals surface area contributed by atoms with Crippen LogP contribution in [0.25, 0.3) is 0 Å². The van der Waals surface area contributed by atoms with E-state index in [0.29, 0.717) is 12.2 Å². The summed E-state index contributed by atoms with van der Waals surface area (Å²) in [6.45, 7) is 4.48. The van der Waals surface area contributed by atoms with Crippen LogP contribution in [0.1, 0.15) is 35.4 Å². The lowest BCUT2D eigenvalue weighted by Gasteiger charge is -2.28. The van der Waals surface area contributed by atoms with Crippen LogP contribution in [-0.4, -0.2) is 37.5 Å². The summed E-state index contributed by atoms with van der Waals surface area (Å²) in [5.41, 5.74) is 3.00. The Bertz CT molecular complexity index is 696. The molecule has 0 saturated carbocycles. The molecule has 6 heteroatoms. The molecule has 2 aliphatic heterocycles. The summed E-state index contributed by atoms with van der Waals surface area (Å²) >= 11 is 0. The predicted molar refractivity (Wildman–Crippen MR) is 78.9 cm³/mol. The van der Waals surface area contributed by atoms with E-state index in [2.05, 4.69) is 0 Å². The highest BCUT2D eigenvalue weighted by atomic mass is 32.2. The number of hydrogen-bond donors (Lipinski definition) is 0. The predicted octanol–water partition coefficient (Wildman–Crippen LogP) is 1.73. The van der Waals surface area contributed by atoms with Gasteiger partial charge in [0.1, 0.15) is 18.3 Å². The lowest BCUT2D eigenvalue weighted by Crippen LogP contribution is -2.44. The largest absolute Gasteiger partial charge is 0.492 e. The van der Waals surface area contributed by atoms with E-state index in [1.807, 2.05) is 26.0 Å². The van der Waals surface area contributed by atoms with Crippen molar-refractivity contribution < 1.29 is 17.9 Å². The van der Waals surface area contributed by atoms with Crippen LogP contribution in [0, 0.1) is 13.8 Å². The summed E-state index contributed by atoms with van der Waals surface area (Å²) in [5.74, 6) is -0.0960. The molecule has 2 heterocycles. The van der Waals surface area contributed by atoms with E-state index < -0.39 is 15.9 Å². The Hall–Kier alpha value is -1.56. The molecule has 5 nitrogen and oxygen atoms in total. The fourth-order valence-electron chi connectivity index (χ4n) is 2.89. The first-order valence-corrected chi connectivity index (χ1v) is 8.79. The van der Waals surface area contributed by atoms with Gasteiger partial charge in [-0.05, 0) is 43.9 Å². The molecule has 2 aliphatic rings. The highest BCUT2D eigenvalue weighted by Crippen LogP contribution is 2.37. The number of nitrogens with zero attached hydrogens (tertiary/aromatic N) is 1. The first kappa shape index (κ1) is 14.4. The number of benzene rings is 1. The molecule has 1 aromatic rings. The topological polar surface area (TPSA) is 63.7 Å². The highest BCUT2D eigenvalue weighted by molar-refractivity contribution is 7.89. The molecule has 0 radical (unpaired) electrons. The molecule has 114 valence electrons. The maximum absolute atomic E-state index is 12.6. The molecule has 3 rings (SSSR count). The van der Waals surface area contributed by atoms with Gasteiger partial charge in [-0.25, -0.2) is 12.7 Å². The Labute approximate surface area is 124 Å². The van der Waals surface area contributed by atoms with E-state index in [1.54, 1.807) is 0 Å². The molecule has 1 unspecified atom stereocenters. The third-order valence-corrected chi connectivity index (χ3v) is 6.14. The normalized spacial score (nSPS) is 23.5. The molecule has 21 heavy (non-hydrogen) atoms. The second-order valence-electron chi connectivity index (χ2n) is 5.77. The number of hydrogen-bond acceptors (Lipinski definition) is 4. The molecule has 1 fully saturated rings. The number of carbonyl (C=O) groups is 1. The van der Waals surface area contributed by atoms with Crippen molar-refractivity contribution in [3.8, 4) is 5.75 Å². The molecule has 0 N–H and O–H groups in total. The van der Waals surface area contributed by atoms with E-state index >= 15 is 0 Å². The zero-order chi connectivity index (χ0) is 15.2. The summed E-state index contributed by atoms with van der Waals surface area (Å²) < 4.78 is 30.8. The van der Waals surface area contributed by atoms with E-state index in [1.165, 1.54) is 0 Å². The van der Waals surface area contributed by atoms with Crippen LogP contribution in [-0.2, 0) is 14.8 Å².